The van der Waals surface area contributed by atoms with Gasteiger partial charge >= 0.3 is 0 Å². The molecule has 9 heteroatoms. The number of nitrogens with zero attached hydrogens (tertiary/aromatic N) is 1. The summed E-state index contributed by atoms with van der Waals surface area (Å²) in [6, 6.07) is 10.0. The molecule has 2 aromatic rings. The first kappa shape index (κ1) is 24.6. The van der Waals surface area contributed by atoms with Crippen molar-refractivity contribution in [2.24, 2.45) is 17.6 Å². The number of hydrogen-bond donors (Lipinski definition) is 4. The number of fused-ring (bicyclic) bond motifs is 1. The van der Waals surface area contributed by atoms with Crippen molar-refractivity contribution in [3.05, 3.63) is 59.7 Å². The van der Waals surface area contributed by atoms with Gasteiger partial charge in [0.1, 0.15) is 11.6 Å². The van der Waals surface area contributed by atoms with E-state index in [0.29, 0.717) is 24.8 Å². The average Bonchev–Trinajstić information content (AvgIpc) is 3.27. The number of benzene rings is 1. The van der Waals surface area contributed by atoms with Crippen molar-refractivity contribution in [1.29, 1.82) is 0 Å². The Labute approximate surface area is 210 Å². The minimum Gasteiger partial charge on any atom is -0.477 e. The maximum atomic E-state index is 13.7. The van der Waals surface area contributed by atoms with Crippen LogP contribution in [0.4, 0.5) is 4.39 Å². The third kappa shape index (κ3) is 5.08. The molecule has 0 spiro atoms. The Kier molecular flexibility index (Phi) is 6.94. The summed E-state index contributed by atoms with van der Waals surface area (Å²) in [5.74, 6) is -0.570. The van der Waals surface area contributed by atoms with Gasteiger partial charge in [-0.05, 0) is 81.2 Å². The van der Waals surface area contributed by atoms with E-state index in [0.717, 1.165) is 31.4 Å². The molecule has 5 rings (SSSR count). The topological polar surface area (TPSA) is 118 Å². The smallest absolute Gasteiger partial charge is 0.261 e. The SMILES string of the molecule is Cc1cc(C2NNC3CCC(C(=O)NC4CCCC(Oc5cccc(F)c5)(C(N)=O)C4)CC32)ccn1. The Hall–Kier alpha value is -3.04. The van der Waals surface area contributed by atoms with Crippen LogP contribution in [0.1, 0.15) is 62.2 Å². The number of ether oxygens (including phenoxy) is 1. The highest BCUT2D eigenvalue weighted by Gasteiger charge is 2.46. The van der Waals surface area contributed by atoms with Gasteiger partial charge in [-0.1, -0.05) is 6.07 Å². The lowest BCUT2D eigenvalue weighted by molar-refractivity contribution is -0.138. The normalized spacial score (nSPS) is 31.9. The summed E-state index contributed by atoms with van der Waals surface area (Å²) in [5.41, 5.74) is 13.5. The van der Waals surface area contributed by atoms with Crippen LogP contribution in [-0.2, 0) is 9.59 Å². The first-order valence-corrected chi connectivity index (χ1v) is 12.8. The second kappa shape index (κ2) is 10.1. The summed E-state index contributed by atoms with van der Waals surface area (Å²) in [5, 5.41) is 3.19. The van der Waals surface area contributed by atoms with Crippen LogP contribution in [0, 0.1) is 24.6 Å². The van der Waals surface area contributed by atoms with Crippen molar-refractivity contribution in [2.45, 2.75) is 75.6 Å². The summed E-state index contributed by atoms with van der Waals surface area (Å²) in [6.45, 7) is 1.98. The minimum atomic E-state index is -1.27. The second-order valence-electron chi connectivity index (χ2n) is 10.5. The van der Waals surface area contributed by atoms with Gasteiger partial charge in [-0.2, -0.15) is 0 Å². The molecule has 3 fully saturated rings. The molecule has 5 N–H and O–H groups in total. The minimum absolute atomic E-state index is 0.0148. The van der Waals surface area contributed by atoms with E-state index in [1.165, 1.54) is 23.8 Å². The van der Waals surface area contributed by atoms with Crippen LogP contribution < -0.4 is 26.6 Å². The number of amides is 2. The van der Waals surface area contributed by atoms with Crippen LogP contribution in [0.5, 0.6) is 5.75 Å². The van der Waals surface area contributed by atoms with Gasteiger partial charge in [0.25, 0.3) is 5.91 Å². The van der Waals surface area contributed by atoms with Gasteiger partial charge < -0.3 is 15.8 Å². The number of halogens is 1. The second-order valence-corrected chi connectivity index (χ2v) is 10.5. The summed E-state index contributed by atoms with van der Waals surface area (Å²) < 4.78 is 19.7. The van der Waals surface area contributed by atoms with E-state index in [2.05, 4.69) is 27.2 Å². The Morgan fingerprint density at radius 2 is 2.06 bits per heavy atom. The molecule has 6 atom stereocenters. The molecule has 1 aromatic heterocycles. The van der Waals surface area contributed by atoms with Gasteiger partial charge in [-0.25, -0.2) is 9.82 Å². The van der Waals surface area contributed by atoms with Crippen LogP contribution in [-0.4, -0.2) is 34.5 Å². The van der Waals surface area contributed by atoms with Crippen LogP contribution in [0.2, 0.25) is 0 Å². The van der Waals surface area contributed by atoms with Crippen molar-refractivity contribution in [3.63, 3.8) is 0 Å². The summed E-state index contributed by atoms with van der Waals surface area (Å²) in [6.07, 6.45) is 6.44. The lowest BCUT2D eigenvalue weighted by Gasteiger charge is -2.40. The van der Waals surface area contributed by atoms with Crippen LogP contribution in [0.25, 0.3) is 0 Å². The van der Waals surface area contributed by atoms with Crippen molar-refractivity contribution < 1.29 is 18.7 Å². The van der Waals surface area contributed by atoms with E-state index in [-0.39, 0.29) is 36.1 Å². The van der Waals surface area contributed by atoms with E-state index < -0.39 is 17.3 Å². The predicted octanol–water partition coefficient (Wildman–Crippen LogP) is 2.82. The number of aromatic nitrogens is 1. The largest absolute Gasteiger partial charge is 0.477 e. The number of pyridine rings is 1. The molecule has 2 amide bonds. The van der Waals surface area contributed by atoms with Crippen LogP contribution in [0.3, 0.4) is 0 Å². The molecular formula is C27H34FN5O3. The third-order valence-corrected chi connectivity index (χ3v) is 8.02. The molecule has 2 heterocycles. The number of nitrogens with one attached hydrogen (secondary N) is 3. The molecule has 6 unspecified atom stereocenters. The maximum absolute atomic E-state index is 13.7. The molecule has 2 saturated carbocycles. The number of rotatable bonds is 6. The van der Waals surface area contributed by atoms with E-state index in [4.69, 9.17) is 10.5 Å². The third-order valence-electron chi connectivity index (χ3n) is 8.02. The predicted molar refractivity (Wildman–Crippen MR) is 132 cm³/mol. The Morgan fingerprint density at radius 3 is 2.83 bits per heavy atom. The molecule has 8 nitrogen and oxygen atoms in total. The Bertz CT molecular complexity index is 1130. The number of hydrazine groups is 1. The maximum Gasteiger partial charge on any atom is 0.261 e. The lowest BCUT2D eigenvalue weighted by atomic mass is 9.74. The Morgan fingerprint density at radius 1 is 1.19 bits per heavy atom. The van der Waals surface area contributed by atoms with Gasteiger partial charge in [0.15, 0.2) is 5.60 Å². The number of carbonyl (C=O) groups is 2. The van der Waals surface area contributed by atoms with Gasteiger partial charge in [0.2, 0.25) is 5.91 Å². The molecule has 36 heavy (non-hydrogen) atoms. The lowest BCUT2D eigenvalue weighted by Crippen LogP contribution is -2.56. The number of hydrogen-bond acceptors (Lipinski definition) is 6. The fourth-order valence-corrected chi connectivity index (χ4v) is 6.19. The summed E-state index contributed by atoms with van der Waals surface area (Å²) >= 11 is 0. The average molecular weight is 496 g/mol. The molecule has 0 radical (unpaired) electrons. The first-order chi connectivity index (χ1) is 17.3. The molecule has 0 bridgehead atoms. The number of primary amides is 1. The van der Waals surface area contributed by atoms with Crippen molar-refractivity contribution >= 4 is 11.8 Å². The zero-order valence-electron chi connectivity index (χ0n) is 20.5. The number of nitrogens with two attached hydrogens (primary N) is 1. The molecular weight excluding hydrogens is 461 g/mol. The summed E-state index contributed by atoms with van der Waals surface area (Å²) in [4.78, 5) is 30.2. The van der Waals surface area contributed by atoms with Crippen molar-refractivity contribution in [1.82, 2.24) is 21.2 Å². The molecule has 1 aromatic carbocycles. The van der Waals surface area contributed by atoms with Gasteiger partial charge in [0.05, 0.1) is 6.04 Å². The van der Waals surface area contributed by atoms with Crippen molar-refractivity contribution in [2.75, 3.05) is 0 Å². The molecule has 192 valence electrons. The Balaban J connectivity index is 1.24. The zero-order valence-corrected chi connectivity index (χ0v) is 20.5. The fourth-order valence-electron chi connectivity index (χ4n) is 6.19. The van der Waals surface area contributed by atoms with Crippen LogP contribution >= 0.6 is 0 Å². The first-order valence-electron chi connectivity index (χ1n) is 12.8. The highest BCUT2D eigenvalue weighted by atomic mass is 19.1. The molecule has 1 aliphatic heterocycles. The van der Waals surface area contributed by atoms with E-state index >= 15 is 0 Å². The highest BCUT2D eigenvalue weighted by molar-refractivity contribution is 5.84. The van der Waals surface area contributed by atoms with Crippen LogP contribution in [0.15, 0.2) is 42.6 Å². The summed E-state index contributed by atoms with van der Waals surface area (Å²) in [7, 11) is 0. The van der Waals surface area contributed by atoms with E-state index in [1.807, 2.05) is 19.2 Å². The van der Waals surface area contributed by atoms with E-state index in [9.17, 15) is 14.0 Å². The fraction of sp³-hybridized carbons (Fsp3) is 0.519. The molecule has 2 aliphatic carbocycles. The highest BCUT2D eigenvalue weighted by Crippen LogP contribution is 2.41. The monoisotopic (exact) mass is 495 g/mol. The number of aryl methyl sites for hydroxylation is 1. The van der Waals surface area contributed by atoms with Gasteiger partial charge in [-0.3, -0.25) is 20.0 Å². The van der Waals surface area contributed by atoms with Crippen molar-refractivity contribution in [3.8, 4) is 5.75 Å². The molecule has 3 aliphatic rings. The quantitative estimate of drug-likeness (QED) is 0.490. The standard InChI is InChI=1S/C27H34FN5O3/c1-16-12-17(9-11-30-16)24-22-13-18(7-8-23(22)32-33-24)25(34)31-20-5-3-10-27(15-20,26(29)35)36-21-6-2-4-19(28)14-21/h2,4,6,9,11-12,14,18,20,22-24,32-33H,3,5,7-8,10,13,15H2,1H3,(H2,29,35)(H,31,34). The zero-order chi connectivity index (χ0) is 25.3. The molecule has 1 saturated heterocycles. The van der Waals surface area contributed by atoms with E-state index in [1.54, 1.807) is 6.07 Å². The number of carbonyl (C=O) groups excluding carboxylic acids is 2. The van der Waals surface area contributed by atoms with Gasteiger partial charge in [0, 0.05) is 42.4 Å². The van der Waals surface area contributed by atoms with Gasteiger partial charge in [-0.15, -0.1) is 0 Å².